The maximum atomic E-state index is 4.63. The zero-order chi connectivity index (χ0) is 10.1. The molecule has 1 saturated heterocycles. The summed E-state index contributed by atoms with van der Waals surface area (Å²) in [6.07, 6.45) is 6.36. The number of nitrogens with one attached hydrogen (secondary N) is 2. The highest BCUT2D eigenvalue weighted by Crippen LogP contribution is 2.30. The van der Waals surface area contributed by atoms with E-state index in [0.29, 0.717) is 6.04 Å². The van der Waals surface area contributed by atoms with E-state index in [2.05, 4.69) is 15.6 Å². The van der Waals surface area contributed by atoms with Crippen molar-refractivity contribution in [1.82, 2.24) is 10.3 Å². The molecule has 1 aliphatic heterocycles. The van der Waals surface area contributed by atoms with Gasteiger partial charge in [-0.15, -0.1) is 11.3 Å². The Labute approximate surface area is 94.3 Å². The molecule has 2 aliphatic rings. The van der Waals surface area contributed by atoms with Crippen molar-refractivity contribution in [2.45, 2.75) is 38.1 Å². The molecule has 3 rings (SSSR count). The molecule has 0 bridgehead atoms. The molecule has 1 atom stereocenters. The highest BCUT2D eigenvalue weighted by Gasteiger charge is 2.18. The van der Waals surface area contributed by atoms with Gasteiger partial charge in [-0.3, -0.25) is 0 Å². The summed E-state index contributed by atoms with van der Waals surface area (Å²) in [5.74, 6) is 0. The molecule has 3 nitrogen and oxygen atoms in total. The molecule has 2 N–H and O–H groups in total. The highest BCUT2D eigenvalue weighted by molar-refractivity contribution is 7.15. The van der Waals surface area contributed by atoms with Crippen LogP contribution in [-0.2, 0) is 12.8 Å². The summed E-state index contributed by atoms with van der Waals surface area (Å²) in [5, 5.41) is 8.08. The Morgan fingerprint density at radius 2 is 2.40 bits per heavy atom. The van der Waals surface area contributed by atoms with Crippen molar-refractivity contribution in [3.8, 4) is 0 Å². The smallest absolute Gasteiger partial charge is 0.183 e. The Morgan fingerprint density at radius 3 is 3.20 bits per heavy atom. The lowest BCUT2D eigenvalue weighted by Gasteiger charge is -2.09. The highest BCUT2D eigenvalue weighted by atomic mass is 32.1. The Kier molecular flexibility index (Phi) is 2.63. The molecule has 15 heavy (non-hydrogen) atoms. The van der Waals surface area contributed by atoms with Crippen LogP contribution in [0.15, 0.2) is 0 Å². The van der Waals surface area contributed by atoms with E-state index in [1.165, 1.54) is 49.2 Å². The van der Waals surface area contributed by atoms with Crippen LogP contribution in [0.4, 0.5) is 5.13 Å². The van der Waals surface area contributed by atoms with Gasteiger partial charge in [0, 0.05) is 17.5 Å². The summed E-state index contributed by atoms with van der Waals surface area (Å²) < 4.78 is 0. The standard InChI is InChI=1S/C11H17N3S/c1-4-9-10(5-1)15-11(14-9)13-7-8-3-2-6-12-8/h8,12H,1-7H2,(H,13,14). The van der Waals surface area contributed by atoms with E-state index in [1.807, 2.05) is 11.3 Å². The number of nitrogens with zero attached hydrogens (tertiary/aromatic N) is 1. The Bertz CT molecular complexity index is 320. The number of aryl methyl sites for hydroxylation is 2. The number of hydrogen-bond acceptors (Lipinski definition) is 4. The van der Waals surface area contributed by atoms with Crippen LogP contribution in [0.5, 0.6) is 0 Å². The fourth-order valence-corrected chi connectivity index (χ4v) is 3.46. The van der Waals surface area contributed by atoms with Crippen LogP contribution in [0.3, 0.4) is 0 Å². The van der Waals surface area contributed by atoms with Gasteiger partial charge in [0.05, 0.1) is 5.69 Å². The van der Waals surface area contributed by atoms with Gasteiger partial charge in [0.15, 0.2) is 5.13 Å². The third-order valence-corrected chi connectivity index (χ3v) is 4.37. The first kappa shape index (κ1) is 9.60. The fourth-order valence-electron chi connectivity index (χ4n) is 2.41. The van der Waals surface area contributed by atoms with Crippen LogP contribution in [0.25, 0.3) is 0 Å². The number of fused-ring (bicyclic) bond motifs is 1. The van der Waals surface area contributed by atoms with Crippen LogP contribution in [0, 0.1) is 0 Å². The molecule has 2 heterocycles. The number of anilines is 1. The second kappa shape index (κ2) is 4.10. The van der Waals surface area contributed by atoms with Crippen molar-refractivity contribution >= 4 is 16.5 Å². The third kappa shape index (κ3) is 2.01. The molecule has 1 aromatic rings. The maximum absolute atomic E-state index is 4.63. The molecule has 82 valence electrons. The predicted molar refractivity (Wildman–Crippen MR) is 63.7 cm³/mol. The zero-order valence-corrected chi connectivity index (χ0v) is 9.70. The van der Waals surface area contributed by atoms with Crippen molar-refractivity contribution in [2.24, 2.45) is 0 Å². The molecule has 0 radical (unpaired) electrons. The minimum atomic E-state index is 0.656. The van der Waals surface area contributed by atoms with Crippen LogP contribution in [0.2, 0.25) is 0 Å². The molecule has 1 aromatic heterocycles. The van der Waals surface area contributed by atoms with E-state index in [-0.39, 0.29) is 0 Å². The van der Waals surface area contributed by atoms with Crippen LogP contribution in [0.1, 0.15) is 29.8 Å². The monoisotopic (exact) mass is 223 g/mol. The maximum Gasteiger partial charge on any atom is 0.183 e. The van der Waals surface area contributed by atoms with E-state index in [4.69, 9.17) is 0 Å². The molecular weight excluding hydrogens is 206 g/mol. The summed E-state index contributed by atoms with van der Waals surface area (Å²) in [4.78, 5) is 6.14. The zero-order valence-electron chi connectivity index (χ0n) is 8.88. The average Bonchev–Trinajstić information content (AvgIpc) is 2.91. The van der Waals surface area contributed by atoms with Crippen LogP contribution in [-0.4, -0.2) is 24.1 Å². The van der Waals surface area contributed by atoms with E-state index in [0.717, 1.165) is 11.7 Å². The normalized spacial score (nSPS) is 24.4. The third-order valence-electron chi connectivity index (χ3n) is 3.26. The fraction of sp³-hybridized carbons (Fsp3) is 0.727. The largest absolute Gasteiger partial charge is 0.360 e. The van der Waals surface area contributed by atoms with Gasteiger partial charge in [-0.25, -0.2) is 4.98 Å². The molecule has 1 fully saturated rings. The first-order chi connectivity index (χ1) is 7.42. The Morgan fingerprint density at radius 1 is 1.40 bits per heavy atom. The molecule has 0 aromatic carbocycles. The van der Waals surface area contributed by atoms with Gasteiger partial charge < -0.3 is 10.6 Å². The van der Waals surface area contributed by atoms with Crippen LogP contribution >= 0.6 is 11.3 Å². The average molecular weight is 223 g/mol. The Balaban J connectivity index is 1.57. The number of aromatic nitrogens is 1. The molecule has 1 unspecified atom stereocenters. The van der Waals surface area contributed by atoms with Crippen molar-refractivity contribution in [3.05, 3.63) is 10.6 Å². The lowest BCUT2D eigenvalue weighted by molar-refractivity contribution is 0.633. The quantitative estimate of drug-likeness (QED) is 0.820. The number of rotatable bonds is 3. The van der Waals surface area contributed by atoms with Crippen molar-refractivity contribution < 1.29 is 0 Å². The lowest BCUT2D eigenvalue weighted by Crippen LogP contribution is -2.29. The lowest BCUT2D eigenvalue weighted by atomic mass is 10.2. The van der Waals surface area contributed by atoms with Gasteiger partial charge in [0.1, 0.15) is 0 Å². The topological polar surface area (TPSA) is 37.0 Å². The summed E-state index contributed by atoms with van der Waals surface area (Å²) in [7, 11) is 0. The van der Waals surface area contributed by atoms with Gasteiger partial charge in [0.25, 0.3) is 0 Å². The summed E-state index contributed by atoms with van der Waals surface area (Å²) in [6, 6.07) is 0.656. The van der Waals surface area contributed by atoms with Gasteiger partial charge in [0.2, 0.25) is 0 Å². The van der Waals surface area contributed by atoms with E-state index in [1.54, 1.807) is 0 Å². The van der Waals surface area contributed by atoms with Gasteiger partial charge in [-0.1, -0.05) is 0 Å². The van der Waals surface area contributed by atoms with Gasteiger partial charge >= 0.3 is 0 Å². The predicted octanol–water partition coefficient (Wildman–Crippen LogP) is 1.80. The number of hydrogen-bond donors (Lipinski definition) is 2. The first-order valence-electron chi connectivity index (χ1n) is 5.87. The van der Waals surface area contributed by atoms with Crippen molar-refractivity contribution in [3.63, 3.8) is 0 Å². The molecule has 0 saturated carbocycles. The molecular formula is C11H17N3S. The second-order valence-corrected chi connectivity index (χ2v) is 5.50. The van der Waals surface area contributed by atoms with Crippen molar-refractivity contribution in [1.29, 1.82) is 0 Å². The van der Waals surface area contributed by atoms with E-state index in [9.17, 15) is 0 Å². The summed E-state index contributed by atoms with van der Waals surface area (Å²) in [6.45, 7) is 2.22. The second-order valence-electron chi connectivity index (χ2n) is 4.42. The molecule has 1 aliphatic carbocycles. The molecule has 0 amide bonds. The SMILES string of the molecule is C1Cc2nc(NCC3CCCN3)sc2C1. The number of thiazole rings is 1. The Hall–Kier alpha value is -0.610. The van der Waals surface area contributed by atoms with Crippen molar-refractivity contribution in [2.75, 3.05) is 18.4 Å². The first-order valence-corrected chi connectivity index (χ1v) is 6.69. The summed E-state index contributed by atoms with van der Waals surface area (Å²) >= 11 is 1.86. The van der Waals surface area contributed by atoms with E-state index >= 15 is 0 Å². The molecule has 0 spiro atoms. The van der Waals surface area contributed by atoms with Crippen LogP contribution < -0.4 is 10.6 Å². The van der Waals surface area contributed by atoms with E-state index < -0.39 is 0 Å². The molecule has 4 heteroatoms. The minimum absolute atomic E-state index is 0.656. The van der Waals surface area contributed by atoms with Gasteiger partial charge in [-0.05, 0) is 38.6 Å². The minimum Gasteiger partial charge on any atom is -0.360 e. The summed E-state index contributed by atoms with van der Waals surface area (Å²) in [5.41, 5.74) is 1.35. The van der Waals surface area contributed by atoms with Gasteiger partial charge in [-0.2, -0.15) is 0 Å².